The van der Waals surface area contributed by atoms with Crippen molar-refractivity contribution >= 4 is 5.91 Å². The number of ether oxygens (including phenoxy) is 1. The third kappa shape index (κ3) is 9.18. The number of carbonyl (C=O) groups excluding carboxylic acids is 1. The van der Waals surface area contributed by atoms with Gasteiger partial charge in [0.15, 0.2) is 6.61 Å². The zero-order valence-electron chi connectivity index (χ0n) is 14.3. The summed E-state index contributed by atoms with van der Waals surface area (Å²) in [6.07, 6.45) is 0. The average molecular weight is 323 g/mol. The molecule has 0 saturated heterocycles. The Morgan fingerprint density at radius 2 is 1.83 bits per heavy atom. The standard InChI is InChI=1S/C17H29N3O3/c1-17(2,3)20-16(22)13-23-15-7-5-4-6-14(15)12-19-9-8-18-10-11-21/h4-7,18-19,21H,8-13H2,1-3H3,(H,20,22). The van der Waals surface area contributed by atoms with E-state index in [9.17, 15) is 4.79 Å². The Morgan fingerprint density at radius 1 is 1.13 bits per heavy atom. The van der Waals surface area contributed by atoms with Crippen LogP contribution in [0.15, 0.2) is 24.3 Å². The highest BCUT2D eigenvalue weighted by molar-refractivity contribution is 5.78. The third-order valence-corrected chi connectivity index (χ3v) is 2.93. The van der Waals surface area contributed by atoms with Crippen LogP contribution >= 0.6 is 0 Å². The summed E-state index contributed by atoms with van der Waals surface area (Å²) in [5.74, 6) is 0.584. The topological polar surface area (TPSA) is 82.6 Å². The Kier molecular flexibility index (Phi) is 8.61. The lowest BCUT2D eigenvalue weighted by Gasteiger charge is -2.20. The van der Waals surface area contributed by atoms with E-state index in [2.05, 4.69) is 16.0 Å². The van der Waals surface area contributed by atoms with Gasteiger partial charge in [0.05, 0.1) is 6.61 Å². The molecule has 0 aromatic heterocycles. The molecule has 23 heavy (non-hydrogen) atoms. The number of rotatable bonds is 10. The molecule has 0 unspecified atom stereocenters. The van der Waals surface area contributed by atoms with E-state index in [1.807, 2.05) is 45.0 Å². The fourth-order valence-corrected chi connectivity index (χ4v) is 1.99. The van der Waals surface area contributed by atoms with Crippen LogP contribution in [0.3, 0.4) is 0 Å². The van der Waals surface area contributed by atoms with Crippen LogP contribution in [0.25, 0.3) is 0 Å². The summed E-state index contributed by atoms with van der Waals surface area (Å²) in [7, 11) is 0. The first-order valence-electron chi connectivity index (χ1n) is 7.96. The highest BCUT2D eigenvalue weighted by Crippen LogP contribution is 2.17. The predicted octanol–water partition coefficient (Wildman–Crippen LogP) is 0.652. The van der Waals surface area contributed by atoms with E-state index in [-0.39, 0.29) is 24.7 Å². The summed E-state index contributed by atoms with van der Waals surface area (Å²) in [6, 6.07) is 7.68. The Labute approximate surface area is 138 Å². The highest BCUT2D eigenvalue weighted by atomic mass is 16.5. The first-order valence-corrected chi connectivity index (χ1v) is 7.96. The summed E-state index contributed by atoms with van der Waals surface area (Å²) in [4.78, 5) is 11.8. The van der Waals surface area contributed by atoms with Gasteiger partial charge in [-0.05, 0) is 26.8 Å². The van der Waals surface area contributed by atoms with Gasteiger partial charge >= 0.3 is 0 Å². The maximum atomic E-state index is 11.8. The van der Waals surface area contributed by atoms with Gasteiger partial charge < -0.3 is 25.8 Å². The van der Waals surface area contributed by atoms with Crippen LogP contribution in [0.1, 0.15) is 26.3 Å². The third-order valence-electron chi connectivity index (χ3n) is 2.93. The van der Waals surface area contributed by atoms with Crippen LogP contribution in [0.2, 0.25) is 0 Å². The minimum absolute atomic E-state index is 0.00629. The lowest BCUT2D eigenvalue weighted by molar-refractivity contribution is -0.124. The number of para-hydroxylation sites is 1. The van der Waals surface area contributed by atoms with Crippen molar-refractivity contribution in [1.29, 1.82) is 0 Å². The van der Waals surface area contributed by atoms with Gasteiger partial charge in [-0.2, -0.15) is 0 Å². The second-order valence-corrected chi connectivity index (χ2v) is 6.34. The molecule has 0 radical (unpaired) electrons. The van der Waals surface area contributed by atoms with E-state index in [0.717, 1.165) is 18.7 Å². The predicted molar refractivity (Wildman–Crippen MR) is 91.5 cm³/mol. The number of hydrogen-bond acceptors (Lipinski definition) is 5. The zero-order valence-corrected chi connectivity index (χ0v) is 14.3. The van der Waals surface area contributed by atoms with Crippen molar-refractivity contribution in [2.45, 2.75) is 32.9 Å². The molecule has 1 aromatic carbocycles. The molecule has 4 N–H and O–H groups in total. The van der Waals surface area contributed by atoms with E-state index in [4.69, 9.17) is 9.84 Å². The molecule has 6 heteroatoms. The van der Waals surface area contributed by atoms with Gasteiger partial charge in [-0.15, -0.1) is 0 Å². The number of amides is 1. The fourth-order valence-electron chi connectivity index (χ4n) is 1.99. The first kappa shape index (κ1) is 19.4. The monoisotopic (exact) mass is 323 g/mol. The van der Waals surface area contributed by atoms with E-state index in [1.165, 1.54) is 0 Å². The van der Waals surface area contributed by atoms with Crippen molar-refractivity contribution in [2.75, 3.05) is 32.8 Å². The van der Waals surface area contributed by atoms with Crippen molar-refractivity contribution < 1.29 is 14.6 Å². The number of hydrogen-bond donors (Lipinski definition) is 4. The zero-order chi connectivity index (χ0) is 17.1. The minimum Gasteiger partial charge on any atom is -0.483 e. The van der Waals surface area contributed by atoms with Crippen molar-refractivity contribution in [3.63, 3.8) is 0 Å². The molecule has 0 heterocycles. The summed E-state index contributed by atoms with van der Waals surface area (Å²) < 4.78 is 5.64. The normalized spacial score (nSPS) is 11.3. The Morgan fingerprint density at radius 3 is 2.52 bits per heavy atom. The van der Waals surface area contributed by atoms with Crippen LogP contribution in [-0.4, -0.2) is 49.4 Å². The van der Waals surface area contributed by atoms with Crippen molar-refractivity contribution in [2.24, 2.45) is 0 Å². The Balaban J connectivity index is 2.40. The molecular formula is C17H29N3O3. The van der Waals surface area contributed by atoms with Gasteiger partial charge in [-0.1, -0.05) is 18.2 Å². The SMILES string of the molecule is CC(C)(C)NC(=O)COc1ccccc1CNCCNCCO. The van der Waals surface area contributed by atoms with Gasteiger partial charge in [-0.3, -0.25) is 4.79 Å². The molecule has 6 nitrogen and oxygen atoms in total. The number of aliphatic hydroxyl groups is 1. The fraction of sp³-hybridized carbons (Fsp3) is 0.588. The summed E-state index contributed by atoms with van der Waals surface area (Å²) in [6.45, 7) is 8.81. The maximum absolute atomic E-state index is 11.8. The lowest BCUT2D eigenvalue weighted by atomic mass is 10.1. The molecule has 1 aromatic rings. The van der Waals surface area contributed by atoms with Crippen LogP contribution in [0.4, 0.5) is 0 Å². The van der Waals surface area contributed by atoms with Gasteiger partial charge in [0.25, 0.3) is 5.91 Å². The van der Waals surface area contributed by atoms with E-state index >= 15 is 0 Å². The lowest BCUT2D eigenvalue weighted by Crippen LogP contribution is -2.43. The smallest absolute Gasteiger partial charge is 0.258 e. The largest absolute Gasteiger partial charge is 0.483 e. The van der Waals surface area contributed by atoms with Crippen LogP contribution in [-0.2, 0) is 11.3 Å². The van der Waals surface area contributed by atoms with Gasteiger partial charge in [0, 0.05) is 37.3 Å². The Hall–Kier alpha value is -1.63. The molecule has 0 aliphatic rings. The van der Waals surface area contributed by atoms with Crippen molar-refractivity contribution in [3.8, 4) is 5.75 Å². The number of nitrogens with one attached hydrogen (secondary N) is 3. The molecular weight excluding hydrogens is 294 g/mol. The first-order chi connectivity index (χ1) is 10.9. The number of benzene rings is 1. The van der Waals surface area contributed by atoms with Gasteiger partial charge in [-0.25, -0.2) is 0 Å². The number of aliphatic hydroxyl groups excluding tert-OH is 1. The van der Waals surface area contributed by atoms with Crippen LogP contribution in [0, 0.1) is 0 Å². The molecule has 0 bridgehead atoms. The quantitative estimate of drug-likeness (QED) is 0.475. The minimum atomic E-state index is -0.261. The molecule has 0 aliphatic heterocycles. The van der Waals surface area contributed by atoms with Crippen molar-refractivity contribution in [1.82, 2.24) is 16.0 Å². The van der Waals surface area contributed by atoms with Crippen LogP contribution in [0.5, 0.6) is 5.75 Å². The van der Waals surface area contributed by atoms with Gasteiger partial charge in [0.2, 0.25) is 0 Å². The summed E-state index contributed by atoms with van der Waals surface area (Å²) >= 11 is 0. The number of carbonyl (C=O) groups is 1. The van der Waals surface area contributed by atoms with E-state index in [1.54, 1.807) is 0 Å². The molecule has 130 valence electrons. The average Bonchev–Trinajstić information content (AvgIpc) is 2.48. The highest BCUT2D eigenvalue weighted by Gasteiger charge is 2.14. The van der Waals surface area contributed by atoms with E-state index < -0.39 is 0 Å². The Bertz CT molecular complexity index is 472. The molecule has 0 spiro atoms. The molecule has 0 atom stereocenters. The molecule has 0 aliphatic carbocycles. The summed E-state index contributed by atoms with van der Waals surface area (Å²) in [5, 5.41) is 18.0. The van der Waals surface area contributed by atoms with Crippen LogP contribution < -0.4 is 20.7 Å². The van der Waals surface area contributed by atoms with E-state index in [0.29, 0.717) is 18.8 Å². The molecule has 1 rings (SSSR count). The second kappa shape index (κ2) is 10.2. The maximum Gasteiger partial charge on any atom is 0.258 e. The van der Waals surface area contributed by atoms with Crippen molar-refractivity contribution in [3.05, 3.63) is 29.8 Å². The molecule has 1 amide bonds. The molecule has 0 fully saturated rings. The molecule has 0 saturated carbocycles. The second-order valence-electron chi connectivity index (χ2n) is 6.34. The summed E-state index contributed by atoms with van der Waals surface area (Å²) in [5.41, 5.74) is 0.751. The van der Waals surface area contributed by atoms with Gasteiger partial charge in [0.1, 0.15) is 5.75 Å².